The lowest BCUT2D eigenvalue weighted by Crippen LogP contribution is -2.12. The van der Waals surface area contributed by atoms with Gasteiger partial charge < -0.3 is 9.73 Å². The number of rotatable bonds is 2. The van der Waals surface area contributed by atoms with Gasteiger partial charge in [0.15, 0.2) is 0 Å². The number of hydrogen-bond acceptors (Lipinski definition) is 3. The van der Waals surface area contributed by atoms with Gasteiger partial charge in [0.2, 0.25) is 5.71 Å². The van der Waals surface area contributed by atoms with E-state index in [0.717, 1.165) is 27.7 Å². The van der Waals surface area contributed by atoms with E-state index in [1.54, 1.807) is 6.07 Å². The molecule has 4 rings (SSSR count). The minimum atomic E-state index is -0.168. The summed E-state index contributed by atoms with van der Waals surface area (Å²) < 4.78 is 5.78. The number of nitrogens with one attached hydrogen (secondary N) is 1. The second-order valence-electron chi connectivity index (χ2n) is 5.41. The lowest BCUT2D eigenvalue weighted by atomic mass is 10.1. The lowest BCUT2D eigenvalue weighted by Gasteiger charge is -2.07. The van der Waals surface area contributed by atoms with Gasteiger partial charge in [0.1, 0.15) is 5.58 Å². The van der Waals surface area contributed by atoms with Crippen molar-refractivity contribution in [2.24, 2.45) is 0 Å². The van der Waals surface area contributed by atoms with E-state index in [1.807, 2.05) is 61.5 Å². The first-order valence-corrected chi connectivity index (χ1v) is 7.37. The zero-order chi connectivity index (χ0) is 15.8. The first-order chi connectivity index (χ1) is 11.2. The number of hydrogen-bond donors (Lipinski definition) is 1. The Morgan fingerprint density at radius 3 is 2.61 bits per heavy atom. The fourth-order valence-electron chi connectivity index (χ4n) is 2.74. The molecule has 0 fully saturated rings. The molecule has 2 heterocycles. The Morgan fingerprint density at radius 2 is 1.78 bits per heavy atom. The SMILES string of the molecule is Cc1cc(C(=O)Nc2ccccc2)c2c(n1)oc1ccccc12. The van der Waals surface area contributed by atoms with Crippen LogP contribution in [0.3, 0.4) is 0 Å². The van der Waals surface area contributed by atoms with Gasteiger partial charge in [0.05, 0.1) is 10.9 Å². The standard InChI is InChI=1S/C19H14N2O2/c1-12-11-15(18(22)21-13-7-3-2-4-8-13)17-14-9-5-6-10-16(14)23-19(17)20-12/h2-11H,1H3,(H,21,22). The number of furan rings is 1. The van der Waals surface area contributed by atoms with Crippen LogP contribution in [0.5, 0.6) is 0 Å². The molecular formula is C19H14N2O2. The van der Waals surface area contributed by atoms with Crippen LogP contribution in [0.15, 0.2) is 65.1 Å². The summed E-state index contributed by atoms with van der Waals surface area (Å²) in [5.41, 5.74) is 3.29. The molecule has 0 aliphatic heterocycles. The van der Waals surface area contributed by atoms with Crippen LogP contribution in [0.2, 0.25) is 0 Å². The molecule has 0 radical (unpaired) electrons. The van der Waals surface area contributed by atoms with E-state index in [1.165, 1.54) is 0 Å². The number of para-hydroxylation sites is 2. The second-order valence-corrected chi connectivity index (χ2v) is 5.41. The van der Waals surface area contributed by atoms with Crippen molar-refractivity contribution < 1.29 is 9.21 Å². The molecule has 0 spiro atoms. The number of pyridine rings is 1. The van der Waals surface area contributed by atoms with Crippen molar-refractivity contribution in [3.63, 3.8) is 0 Å². The summed E-state index contributed by atoms with van der Waals surface area (Å²) in [4.78, 5) is 17.2. The average molecular weight is 302 g/mol. The minimum Gasteiger partial charge on any atom is -0.438 e. The Hall–Kier alpha value is -3.14. The van der Waals surface area contributed by atoms with Gasteiger partial charge in [-0.05, 0) is 31.2 Å². The molecular weight excluding hydrogens is 288 g/mol. The molecule has 2 aromatic carbocycles. The average Bonchev–Trinajstić information content (AvgIpc) is 2.93. The van der Waals surface area contributed by atoms with E-state index >= 15 is 0 Å². The monoisotopic (exact) mass is 302 g/mol. The van der Waals surface area contributed by atoms with Gasteiger partial charge in [-0.1, -0.05) is 36.4 Å². The van der Waals surface area contributed by atoms with E-state index in [0.29, 0.717) is 11.3 Å². The van der Waals surface area contributed by atoms with Gasteiger partial charge in [-0.2, -0.15) is 0 Å². The highest BCUT2D eigenvalue weighted by molar-refractivity contribution is 6.18. The lowest BCUT2D eigenvalue weighted by molar-refractivity contribution is 0.102. The van der Waals surface area contributed by atoms with Crippen LogP contribution in [0.25, 0.3) is 22.1 Å². The summed E-state index contributed by atoms with van der Waals surface area (Å²) in [5.74, 6) is -0.168. The third kappa shape index (κ3) is 2.34. The maximum Gasteiger partial charge on any atom is 0.256 e. The van der Waals surface area contributed by atoms with E-state index < -0.39 is 0 Å². The molecule has 4 aromatic rings. The summed E-state index contributed by atoms with van der Waals surface area (Å²) >= 11 is 0. The largest absolute Gasteiger partial charge is 0.438 e. The zero-order valence-corrected chi connectivity index (χ0v) is 12.5. The van der Waals surface area contributed by atoms with E-state index in [9.17, 15) is 4.79 Å². The molecule has 2 aromatic heterocycles. The summed E-state index contributed by atoms with van der Waals surface area (Å²) in [6.45, 7) is 1.85. The summed E-state index contributed by atoms with van der Waals surface area (Å²) in [6.07, 6.45) is 0. The summed E-state index contributed by atoms with van der Waals surface area (Å²) in [7, 11) is 0. The van der Waals surface area contributed by atoms with Gasteiger partial charge >= 0.3 is 0 Å². The fraction of sp³-hybridized carbons (Fsp3) is 0.0526. The Labute approximate surface area is 132 Å². The molecule has 0 bridgehead atoms. The van der Waals surface area contributed by atoms with Gasteiger partial charge in [0.25, 0.3) is 5.91 Å². The topological polar surface area (TPSA) is 55.1 Å². The molecule has 0 aliphatic rings. The Morgan fingerprint density at radius 1 is 1.04 bits per heavy atom. The van der Waals surface area contributed by atoms with Crippen LogP contribution in [0.1, 0.15) is 16.1 Å². The van der Waals surface area contributed by atoms with Crippen molar-refractivity contribution in [2.75, 3.05) is 5.32 Å². The predicted octanol–water partition coefficient (Wildman–Crippen LogP) is 4.54. The van der Waals surface area contributed by atoms with Crippen LogP contribution >= 0.6 is 0 Å². The molecule has 0 saturated carbocycles. The Balaban J connectivity index is 1.90. The smallest absolute Gasteiger partial charge is 0.256 e. The normalized spacial score (nSPS) is 11.0. The molecule has 112 valence electrons. The third-order valence-corrected chi connectivity index (χ3v) is 3.75. The number of carbonyl (C=O) groups is 1. The van der Waals surface area contributed by atoms with Crippen molar-refractivity contribution in [1.29, 1.82) is 0 Å². The molecule has 0 aliphatic carbocycles. The van der Waals surface area contributed by atoms with E-state index in [2.05, 4.69) is 10.3 Å². The van der Waals surface area contributed by atoms with Crippen molar-refractivity contribution in [3.8, 4) is 0 Å². The second kappa shape index (κ2) is 5.25. The van der Waals surface area contributed by atoms with Gasteiger partial charge in [-0.15, -0.1) is 0 Å². The predicted molar refractivity (Wildman–Crippen MR) is 90.6 cm³/mol. The van der Waals surface area contributed by atoms with Gasteiger partial charge in [0, 0.05) is 16.8 Å². The van der Waals surface area contributed by atoms with E-state index in [4.69, 9.17) is 4.42 Å². The molecule has 4 heteroatoms. The van der Waals surface area contributed by atoms with Crippen LogP contribution in [-0.4, -0.2) is 10.9 Å². The molecule has 0 unspecified atom stereocenters. The number of aryl methyl sites for hydroxylation is 1. The molecule has 1 amide bonds. The van der Waals surface area contributed by atoms with Crippen molar-refractivity contribution >= 4 is 33.7 Å². The minimum absolute atomic E-state index is 0.168. The number of anilines is 1. The maximum absolute atomic E-state index is 12.7. The van der Waals surface area contributed by atoms with Gasteiger partial charge in [-0.3, -0.25) is 4.79 Å². The molecule has 4 nitrogen and oxygen atoms in total. The quantitative estimate of drug-likeness (QED) is 0.591. The van der Waals surface area contributed by atoms with Crippen molar-refractivity contribution in [2.45, 2.75) is 6.92 Å². The number of nitrogens with zero attached hydrogens (tertiary/aromatic N) is 1. The van der Waals surface area contributed by atoms with Gasteiger partial charge in [-0.25, -0.2) is 4.98 Å². The number of amides is 1. The third-order valence-electron chi connectivity index (χ3n) is 3.75. The maximum atomic E-state index is 12.7. The zero-order valence-electron chi connectivity index (χ0n) is 12.5. The number of benzene rings is 2. The summed E-state index contributed by atoms with van der Waals surface area (Å²) in [6, 6.07) is 18.8. The fourth-order valence-corrected chi connectivity index (χ4v) is 2.74. The summed E-state index contributed by atoms with van der Waals surface area (Å²) in [5, 5.41) is 4.57. The highest BCUT2D eigenvalue weighted by atomic mass is 16.3. The van der Waals surface area contributed by atoms with E-state index in [-0.39, 0.29) is 5.91 Å². The molecule has 1 N–H and O–H groups in total. The first kappa shape index (κ1) is 13.5. The molecule has 0 saturated heterocycles. The van der Waals surface area contributed by atoms with Crippen LogP contribution in [0.4, 0.5) is 5.69 Å². The molecule has 23 heavy (non-hydrogen) atoms. The Bertz CT molecular complexity index is 1020. The Kier molecular flexibility index (Phi) is 3.08. The molecule has 0 atom stereocenters. The highest BCUT2D eigenvalue weighted by Crippen LogP contribution is 2.31. The number of aromatic nitrogens is 1. The first-order valence-electron chi connectivity index (χ1n) is 7.37. The highest BCUT2D eigenvalue weighted by Gasteiger charge is 2.18. The van der Waals surface area contributed by atoms with Crippen molar-refractivity contribution in [1.82, 2.24) is 4.98 Å². The number of carbonyl (C=O) groups excluding carboxylic acids is 1. The number of fused-ring (bicyclic) bond motifs is 3. The van der Waals surface area contributed by atoms with Crippen LogP contribution in [-0.2, 0) is 0 Å². The van der Waals surface area contributed by atoms with Crippen molar-refractivity contribution in [3.05, 3.63) is 71.9 Å². The van der Waals surface area contributed by atoms with Crippen LogP contribution in [0, 0.1) is 6.92 Å². The van der Waals surface area contributed by atoms with Crippen LogP contribution < -0.4 is 5.32 Å².